The fourth-order valence-electron chi connectivity index (χ4n) is 1.77. The standard InChI is InChI=1S/C11H24N2O3S/c1-11(2,5-7-16-3)9-13-17(14,15)10-4-6-12-8-10/h10,12-13H,4-9H2,1-3H3. The highest BCUT2D eigenvalue weighted by molar-refractivity contribution is 7.90. The Labute approximate surface area is 104 Å². The van der Waals surface area contributed by atoms with Gasteiger partial charge in [-0.2, -0.15) is 0 Å². The zero-order valence-corrected chi connectivity index (χ0v) is 11.8. The van der Waals surface area contributed by atoms with Gasteiger partial charge in [0.15, 0.2) is 0 Å². The van der Waals surface area contributed by atoms with Gasteiger partial charge >= 0.3 is 0 Å². The molecule has 1 fully saturated rings. The Kier molecular flexibility index (Phi) is 5.37. The number of rotatable bonds is 7. The molecule has 0 aromatic rings. The van der Waals surface area contributed by atoms with Gasteiger partial charge in [-0.3, -0.25) is 0 Å². The van der Waals surface area contributed by atoms with E-state index in [1.807, 2.05) is 13.8 Å². The quantitative estimate of drug-likeness (QED) is 0.695. The first-order chi connectivity index (χ1) is 7.87. The Morgan fingerprint density at radius 2 is 2.18 bits per heavy atom. The molecule has 0 aromatic heterocycles. The van der Waals surface area contributed by atoms with Gasteiger partial charge in [-0.1, -0.05) is 13.8 Å². The van der Waals surface area contributed by atoms with Crippen molar-refractivity contribution in [2.24, 2.45) is 5.41 Å². The molecule has 1 rings (SSSR count). The molecule has 0 bridgehead atoms. The van der Waals surface area contributed by atoms with Gasteiger partial charge in [-0.25, -0.2) is 13.1 Å². The molecule has 0 amide bonds. The van der Waals surface area contributed by atoms with E-state index in [9.17, 15) is 8.42 Å². The minimum absolute atomic E-state index is 0.0743. The summed E-state index contributed by atoms with van der Waals surface area (Å²) in [4.78, 5) is 0. The first-order valence-corrected chi connectivity index (χ1v) is 7.60. The van der Waals surface area contributed by atoms with E-state index in [1.54, 1.807) is 7.11 Å². The maximum atomic E-state index is 12.0. The summed E-state index contributed by atoms with van der Waals surface area (Å²) in [6.07, 6.45) is 1.54. The van der Waals surface area contributed by atoms with Gasteiger partial charge in [0.25, 0.3) is 0 Å². The van der Waals surface area contributed by atoms with Crippen molar-refractivity contribution in [2.45, 2.75) is 31.9 Å². The molecule has 6 heteroatoms. The molecule has 1 heterocycles. The third kappa shape index (κ3) is 4.91. The van der Waals surface area contributed by atoms with Crippen molar-refractivity contribution < 1.29 is 13.2 Å². The highest BCUT2D eigenvalue weighted by Crippen LogP contribution is 2.20. The second-order valence-corrected chi connectivity index (χ2v) is 7.43. The van der Waals surface area contributed by atoms with E-state index in [4.69, 9.17) is 4.74 Å². The Balaban J connectivity index is 2.43. The van der Waals surface area contributed by atoms with Crippen LogP contribution < -0.4 is 10.0 Å². The lowest BCUT2D eigenvalue weighted by molar-refractivity contribution is 0.153. The topological polar surface area (TPSA) is 67.4 Å². The zero-order valence-electron chi connectivity index (χ0n) is 11.0. The molecule has 0 radical (unpaired) electrons. The van der Waals surface area contributed by atoms with Crippen LogP contribution in [0.5, 0.6) is 0 Å². The third-order valence-corrected chi connectivity index (χ3v) is 5.02. The number of methoxy groups -OCH3 is 1. The molecule has 0 aliphatic carbocycles. The fourth-order valence-corrected chi connectivity index (χ4v) is 3.37. The minimum atomic E-state index is -3.17. The summed E-state index contributed by atoms with van der Waals surface area (Å²) in [5.41, 5.74) is -0.0743. The molecule has 1 saturated heterocycles. The summed E-state index contributed by atoms with van der Waals surface area (Å²) >= 11 is 0. The second-order valence-electron chi connectivity index (χ2n) is 5.39. The maximum Gasteiger partial charge on any atom is 0.215 e. The fraction of sp³-hybridized carbons (Fsp3) is 1.00. The van der Waals surface area contributed by atoms with E-state index in [1.165, 1.54) is 0 Å². The molecule has 1 atom stereocenters. The number of nitrogens with one attached hydrogen (secondary N) is 2. The molecule has 102 valence electrons. The van der Waals surface area contributed by atoms with Gasteiger partial charge in [-0.15, -0.1) is 0 Å². The Morgan fingerprint density at radius 3 is 2.71 bits per heavy atom. The minimum Gasteiger partial charge on any atom is -0.385 e. The summed E-state index contributed by atoms with van der Waals surface area (Å²) in [5, 5.41) is 2.79. The van der Waals surface area contributed by atoms with E-state index in [0.29, 0.717) is 26.1 Å². The smallest absolute Gasteiger partial charge is 0.215 e. The zero-order chi connectivity index (χ0) is 12.9. The molecule has 0 saturated carbocycles. The monoisotopic (exact) mass is 264 g/mol. The molecular weight excluding hydrogens is 240 g/mol. The Hall–Kier alpha value is -0.170. The van der Waals surface area contributed by atoms with E-state index in [2.05, 4.69) is 10.0 Å². The normalized spacial score (nSPS) is 21.9. The van der Waals surface area contributed by atoms with Crippen LogP contribution in [0.2, 0.25) is 0 Å². The lowest BCUT2D eigenvalue weighted by Crippen LogP contribution is -2.40. The largest absolute Gasteiger partial charge is 0.385 e. The van der Waals surface area contributed by atoms with E-state index in [0.717, 1.165) is 13.0 Å². The molecule has 0 spiro atoms. The average molecular weight is 264 g/mol. The van der Waals surface area contributed by atoms with Gasteiger partial charge in [0, 0.05) is 26.8 Å². The summed E-state index contributed by atoms with van der Waals surface area (Å²) < 4.78 is 31.7. The van der Waals surface area contributed by atoms with Crippen molar-refractivity contribution >= 4 is 10.0 Å². The molecule has 5 nitrogen and oxygen atoms in total. The molecule has 1 aliphatic heterocycles. The first kappa shape index (κ1) is 14.9. The summed E-state index contributed by atoms with van der Waals surface area (Å²) in [6.45, 7) is 6.56. The number of hydrogen-bond donors (Lipinski definition) is 2. The van der Waals surface area contributed by atoms with Crippen molar-refractivity contribution in [3.63, 3.8) is 0 Å². The third-order valence-electron chi connectivity index (χ3n) is 3.19. The molecule has 17 heavy (non-hydrogen) atoms. The Morgan fingerprint density at radius 1 is 1.47 bits per heavy atom. The average Bonchev–Trinajstić information content (AvgIpc) is 2.78. The van der Waals surface area contributed by atoms with Crippen LogP contribution in [0.25, 0.3) is 0 Å². The molecular formula is C11H24N2O3S. The van der Waals surface area contributed by atoms with Gasteiger partial charge < -0.3 is 10.1 Å². The van der Waals surface area contributed by atoms with Gasteiger partial charge in [0.05, 0.1) is 5.25 Å². The predicted octanol–water partition coefficient (Wildman–Crippen LogP) is 0.330. The van der Waals surface area contributed by atoms with E-state index in [-0.39, 0.29) is 10.7 Å². The van der Waals surface area contributed by atoms with Crippen molar-refractivity contribution in [2.75, 3.05) is 33.4 Å². The Bertz CT molecular complexity index is 322. The predicted molar refractivity (Wildman–Crippen MR) is 68.5 cm³/mol. The maximum absolute atomic E-state index is 12.0. The van der Waals surface area contributed by atoms with Crippen LogP contribution >= 0.6 is 0 Å². The van der Waals surface area contributed by atoms with Crippen molar-refractivity contribution in [1.29, 1.82) is 0 Å². The second kappa shape index (κ2) is 6.13. The van der Waals surface area contributed by atoms with Crippen molar-refractivity contribution in [3.8, 4) is 0 Å². The highest BCUT2D eigenvalue weighted by Gasteiger charge is 2.30. The summed E-state index contributed by atoms with van der Waals surface area (Å²) in [6, 6.07) is 0. The lowest BCUT2D eigenvalue weighted by Gasteiger charge is -2.25. The summed E-state index contributed by atoms with van der Waals surface area (Å²) in [5.74, 6) is 0. The van der Waals surface area contributed by atoms with Crippen LogP contribution in [0, 0.1) is 5.41 Å². The number of sulfonamides is 1. The highest BCUT2D eigenvalue weighted by atomic mass is 32.2. The molecule has 0 aromatic carbocycles. The molecule has 2 N–H and O–H groups in total. The molecule has 1 unspecified atom stereocenters. The van der Waals surface area contributed by atoms with Crippen LogP contribution in [0.15, 0.2) is 0 Å². The van der Waals surface area contributed by atoms with E-state index < -0.39 is 10.0 Å². The summed E-state index contributed by atoms with van der Waals surface area (Å²) in [7, 11) is -1.51. The van der Waals surface area contributed by atoms with Crippen LogP contribution in [0.4, 0.5) is 0 Å². The number of hydrogen-bond acceptors (Lipinski definition) is 4. The first-order valence-electron chi connectivity index (χ1n) is 6.05. The molecule has 1 aliphatic rings. The van der Waals surface area contributed by atoms with Crippen LogP contribution in [-0.2, 0) is 14.8 Å². The van der Waals surface area contributed by atoms with Crippen LogP contribution in [-0.4, -0.2) is 47.0 Å². The van der Waals surface area contributed by atoms with Gasteiger partial charge in [0.2, 0.25) is 10.0 Å². The van der Waals surface area contributed by atoms with E-state index >= 15 is 0 Å². The van der Waals surface area contributed by atoms with Crippen molar-refractivity contribution in [1.82, 2.24) is 10.0 Å². The SMILES string of the molecule is COCCC(C)(C)CNS(=O)(=O)C1CCNC1. The lowest BCUT2D eigenvalue weighted by atomic mass is 9.90. The number of ether oxygens (including phenoxy) is 1. The van der Waals surface area contributed by atoms with Crippen molar-refractivity contribution in [3.05, 3.63) is 0 Å². The van der Waals surface area contributed by atoms with Gasteiger partial charge in [0.1, 0.15) is 0 Å². The van der Waals surface area contributed by atoms with Gasteiger partial charge in [-0.05, 0) is 24.8 Å². The van der Waals surface area contributed by atoms with Crippen LogP contribution in [0.1, 0.15) is 26.7 Å². The van der Waals surface area contributed by atoms with Crippen LogP contribution in [0.3, 0.4) is 0 Å².